The van der Waals surface area contributed by atoms with Gasteiger partial charge in [0, 0.05) is 19.0 Å². The number of likely N-dealkylation sites (tertiary alicyclic amines) is 1. The van der Waals surface area contributed by atoms with Gasteiger partial charge in [-0.05, 0) is 37.7 Å². The van der Waals surface area contributed by atoms with Crippen LogP contribution in [-0.4, -0.2) is 22.8 Å². The van der Waals surface area contributed by atoms with Gasteiger partial charge in [0.15, 0.2) is 5.78 Å². The monoisotopic (exact) mass is 257 g/mol. The van der Waals surface area contributed by atoms with Gasteiger partial charge in [0.05, 0.1) is 5.54 Å². The first kappa shape index (κ1) is 12.9. The van der Waals surface area contributed by atoms with Crippen LogP contribution < -0.4 is 0 Å². The fraction of sp³-hybridized carbons (Fsp3) is 0.588. The molecule has 0 N–H and O–H groups in total. The molecule has 1 saturated heterocycles. The summed E-state index contributed by atoms with van der Waals surface area (Å²) in [5.74, 6) is 0.440. The minimum atomic E-state index is -0.262. The van der Waals surface area contributed by atoms with Crippen molar-refractivity contribution < 1.29 is 4.79 Å². The summed E-state index contributed by atoms with van der Waals surface area (Å²) in [4.78, 5) is 14.9. The van der Waals surface area contributed by atoms with Crippen LogP contribution in [0.25, 0.3) is 0 Å². The van der Waals surface area contributed by atoms with Gasteiger partial charge >= 0.3 is 0 Å². The van der Waals surface area contributed by atoms with Gasteiger partial charge in [-0.1, -0.05) is 37.3 Å². The van der Waals surface area contributed by atoms with Crippen molar-refractivity contribution in [2.75, 3.05) is 6.54 Å². The molecule has 102 valence electrons. The molecule has 1 aromatic rings. The number of nitrogens with zero attached hydrogens (tertiary/aromatic N) is 1. The normalized spacial score (nSPS) is 36.5. The van der Waals surface area contributed by atoms with Crippen LogP contribution in [-0.2, 0) is 4.79 Å². The molecule has 0 bridgehead atoms. The van der Waals surface area contributed by atoms with Crippen LogP contribution in [0.15, 0.2) is 30.3 Å². The molecule has 19 heavy (non-hydrogen) atoms. The fourth-order valence-electron chi connectivity index (χ4n) is 4.17. The maximum absolute atomic E-state index is 12.5. The van der Waals surface area contributed by atoms with Gasteiger partial charge in [-0.2, -0.15) is 0 Å². The van der Waals surface area contributed by atoms with Gasteiger partial charge in [0.2, 0.25) is 0 Å². The largest absolute Gasteiger partial charge is 0.298 e. The van der Waals surface area contributed by atoms with Crippen molar-refractivity contribution in [3.63, 3.8) is 0 Å². The zero-order valence-electron chi connectivity index (χ0n) is 12.1. The first-order chi connectivity index (χ1) is 8.99. The number of rotatable bonds is 2. The van der Waals surface area contributed by atoms with Crippen LogP contribution >= 0.6 is 0 Å². The van der Waals surface area contributed by atoms with E-state index in [1.165, 1.54) is 5.56 Å². The number of benzene rings is 1. The molecule has 0 unspecified atom stereocenters. The van der Waals surface area contributed by atoms with Crippen LogP contribution in [0.5, 0.6) is 0 Å². The minimum Gasteiger partial charge on any atom is -0.298 e. The van der Waals surface area contributed by atoms with Crippen LogP contribution in [0.3, 0.4) is 0 Å². The lowest BCUT2D eigenvalue weighted by Gasteiger charge is -2.42. The molecule has 0 radical (unpaired) electrons. The summed E-state index contributed by atoms with van der Waals surface area (Å²) in [5, 5.41) is 0. The van der Waals surface area contributed by atoms with Crippen LogP contribution in [0.4, 0.5) is 0 Å². The standard InChI is InChI=1S/C17H23NO/c1-13(14-7-5-4-6-8-14)18-12-11-16(2)10-9-15(19)17(16,18)3/h4-8,13H,9-12H2,1-3H3/t13-,16-,17-/m1/s1. The van der Waals surface area contributed by atoms with E-state index in [0.29, 0.717) is 11.8 Å². The molecule has 1 aliphatic heterocycles. The average Bonchev–Trinajstić information content (AvgIpc) is 2.82. The van der Waals surface area contributed by atoms with E-state index < -0.39 is 0 Å². The molecule has 2 heteroatoms. The van der Waals surface area contributed by atoms with E-state index in [1.54, 1.807) is 0 Å². The van der Waals surface area contributed by atoms with E-state index in [0.717, 1.165) is 25.8 Å². The minimum absolute atomic E-state index is 0.174. The van der Waals surface area contributed by atoms with Crippen molar-refractivity contribution >= 4 is 5.78 Å². The third-order valence-corrected chi connectivity index (χ3v) is 5.85. The summed E-state index contributed by atoms with van der Waals surface area (Å²) >= 11 is 0. The lowest BCUT2D eigenvalue weighted by molar-refractivity contribution is -0.129. The van der Waals surface area contributed by atoms with Gasteiger partial charge in [-0.15, -0.1) is 0 Å². The average molecular weight is 257 g/mol. The number of Topliss-reactive ketones (excluding diaryl/α,β-unsaturated/α-hetero) is 1. The Morgan fingerprint density at radius 2 is 1.84 bits per heavy atom. The van der Waals surface area contributed by atoms with Crippen molar-refractivity contribution in [3.8, 4) is 0 Å². The van der Waals surface area contributed by atoms with E-state index >= 15 is 0 Å². The number of hydrogen-bond acceptors (Lipinski definition) is 2. The Morgan fingerprint density at radius 3 is 2.53 bits per heavy atom. The SMILES string of the molecule is C[C@H](c1ccccc1)N1CC[C@@]2(C)CCC(=O)[C@@]12C. The highest BCUT2D eigenvalue weighted by Crippen LogP contribution is 2.56. The van der Waals surface area contributed by atoms with Gasteiger partial charge in [0.25, 0.3) is 0 Å². The molecular formula is C17H23NO. The third-order valence-electron chi connectivity index (χ3n) is 5.85. The van der Waals surface area contributed by atoms with Gasteiger partial charge in [-0.25, -0.2) is 0 Å². The Morgan fingerprint density at radius 1 is 1.16 bits per heavy atom. The second kappa shape index (κ2) is 4.17. The molecular weight excluding hydrogens is 234 g/mol. The molecule has 2 nitrogen and oxygen atoms in total. The molecule has 2 fully saturated rings. The Kier molecular flexibility index (Phi) is 2.82. The molecule has 1 heterocycles. The molecule has 2 aliphatic rings. The van der Waals surface area contributed by atoms with E-state index in [1.807, 2.05) is 6.07 Å². The van der Waals surface area contributed by atoms with Crippen molar-refractivity contribution in [2.45, 2.75) is 51.6 Å². The van der Waals surface area contributed by atoms with Crippen LogP contribution in [0, 0.1) is 5.41 Å². The number of fused-ring (bicyclic) bond motifs is 1. The van der Waals surface area contributed by atoms with Crippen LogP contribution in [0.1, 0.15) is 51.6 Å². The molecule has 1 aliphatic carbocycles. The molecule has 0 spiro atoms. The molecule has 1 saturated carbocycles. The predicted octanol–water partition coefficient (Wildman–Crippen LogP) is 3.58. The smallest absolute Gasteiger partial charge is 0.153 e. The van der Waals surface area contributed by atoms with Gasteiger partial charge < -0.3 is 0 Å². The van der Waals surface area contributed by atoms with Crippen molar-refractivity contribution in [3.05, 3.63) is 35.9 Å². The first-order valence-corrected chi connectivity index (χ1v) is 7.34. The summed E-state index contributed by atoms with van der Waals surface area (Å²) in [7, 11) is 0. The van der Waals surface area contributed by atoms with E-state index in [-0.39, 0.29) is 11.0 Å². The first-order valence-electron chi connectivity index (χ1n) is 7.34. The molecule has 3 atom stereocenters. The topological polar surface area (TPSA) is 20.3 Å². The Bertz CT molecular complexity index is 497. The summed E-state index contributed by atoms with van der Waals surface area (Å²) in [6, 6.07) is 10.9. The maximum atomic E-state index is 12.5. The van der Waals surface area contributed by atoms with E-state index in [2.05, 4.69) is 49.9 Å². The molecule has 0 amide bonds. The zero-order chi connectivity index (χ0) is 13.7. The molecule has 3 rings (SSSR count). The van der Waals surface area contributed by atoms with Crippen molar-refractivity contribution in [1.82, 2.24) is 4.90 Å². The molecule has 0 aromatic heterocycles. The maximum Gasteiger partial charge on any atom is 0.153 e. The highest BCUT2D eigenvalue weighted by molar-refractivity contribution is 5.92. The number of carbonyl (C=O) groups excluding carboxylic acids is 1. The van der Waals surface area contributed by atoms with E-state index in [9.17, 15) is 4.79 Å². The highest BCUT2D eigenvalue weighted by atomic mass is 16.1. The number of ketones is 1. The summed E-state index contributed by atoms with van der Waals surface area (Å²) in [6.45, 7) is 7.75. The second-order valence-electron chi connectivity index (χ2n) is 6.59. The summed E-state index contributed by atoms with van der Waals surface area (Å²) in [5.41, 5.74) is 1.22. The highest BCUT2D eigenvalue weighted by Gasteiger charge is 2.62. The summed E-state index contributed by atoms with van der Waals surface area (Å²) < 4.78 is 0. The van der Waals surface area contributed by atoms with Crippen molar-refractivity contribution in [2.24, 2.45) is 5.41 Å². The van der Waals surface area contributed by atoms with Crippen LogP contribution in [0.2, 0.25) is 0 Å². The number of hydrogen-bond donors (Lipinski definition) is 0. The van der Waals surface area contributed by atoms with Gasteiger partial charge in [-0.3, -0.25) is 9.69 Å². The molecule has 1 aromatic carbocycles. The zero-order valence-corrected chi connectivity index (χ0v) is 12.1. The Hall–Kier alpha value is -1.15. The Balaban J connectivity index is 1.96. The van der Waals surface area contributed by atoms with Gasteiger partial charge in [0.1, 0.15) is 0 Å². The van der Waals surface area contributed by atoms with Crippen molar-refractivity contribution in [1.29, 1.82) is 0 Å². The lowest BCUT2D eigenvalue weighted by atomic mass is 9.74. The number of carbonyl (C=O) groups is 1. The van der Waals surface area contributed by atoms with E-state index in [4.69, 9.17) is 0 Å². The third kappa shape index (κ3) is 1.62. The quantitative estimate of drug-likeness (QED) is 0.807. The second-order valence-corrected chi connectivity index (χ2v) is 6.59. The fourth-order valence-corrected chi connectivity index (χ4v) is 4.17. The predicted molar refractivity (Wildman–Crippen MR) is 76.9 cm³/mol. The summed E-state index contributed by atoms with van der Waals surface area (Å²) in [6.07, 6.45) is 2.96. The Labute approximate surface area is 115 Å². The lowest BCUT2D eigenvalue weighted by Crippen LogP contribution is -2.52.